The van der Waals surface area contributed by atoms with E-state index in [-0.39, 0.29) is 0 Å². The van der Waals surface area contributed by atoms with Crippen LogP contribution in [0.3, 0.4) is 0 Å². The van der Waals surface area contributed by atoms with Crippen LogP contribution in [0.2, 0.25) is 0 Å². The lowest BCUT2D eigenvalue weighted by atomic mass is 10.4. The molecule has 1 N–H and O–H groups in total. The second-order valence-electron chi connectivity index (χ2n) is 2.48. The third kappa shape index (κ3) is 2.02. The zero-order valence-corrected chi connectivity index (χ0v) is 7.33. The molecule has 0 unspecified atom stereocenters. The molecule has 1 aromatic rings. The number of rotatable bonds is 3. The van der Waals surface area contributed by atoms with E-state index in [4.69, 9.17) is 0 Å². The largest absolute Gasteiger partial charge is 0.349 e. The number of anilines is 1. The van der Waals surface area contributed by atoms with Gasteiger partial charge >= 0.3 is 0 Å². The molecule has 0 saturated carbocycles. The van der Waals surface area contributed by atoms with Crippen molar-refractivity contribution in [3.8, 4) is 0 Å². The summed E-state index contributed by atoms with van der Waals surface area (Å²) in [7, 11) is 0. The van der Waals surface area contributed by atoms with Gasteiger partial charge in [0.2, 0.25) is 5.95 Å². The second kappa shape index (κ2) is 3.80. The van der Waals surface area contributed by atoms with Crippen LogP contribution >= 0.6 is 0 Å². The number of hydrogen-bond donors (Lipinski definition) is 1. The molecule has 1 heterocycles. The van der Waals surface area contributed by atoms with Gasteiger partial charge in [-0.05, 0) is 13.8 Å². The molecular weight excluding hydrogens is 152 g/mol. The predicted molar refractivity (Wildman–Crippen MR) is 48.0 cm³/mol. The molecule has 12 heavy (non-hydrogen) atoms. The van der Waals surface area contributed by atoms with Crippen molar-refractivity contribution in [1.29, 1.82) is 0 Å². The topological polar surface area (TPSA) is 50.7 Å². The molecule has 0 aliphatic carbocycles. The van der Waals surface area contributed by atoms with Crippen molar-refractivity contribution in [2.45, 2.75) is 13.8 Å². The van der Waals surface area contributed by atoms with Crippen LogP contribution in [0.5, 0.6) is 0 Å². The minimum absolute atomic E-state index is 0.554. The first kappa shape index (κ1) is 8.64. The first-order valence-corrected chi connectivity index (χ1v) is 3.76. The Balaban J connectivity index is 2.75. The number of aromatic nitrogens is 3. The normalized spacial score (nSPS) is 9.50. The Kier molecular flexibility index (Phi) is 2.74. The average molecular weight is 164 g/mol. The van der Waals surface area contributed by atoms with Crippen LogP contribution in [-0.2, 0) is 0 Å². The van der Waals surface area contributed by atoms with Crippen LogP contribution in [0.15, 0.2) is 12.7 Å². The number of nitrogens with one attached hydrogen (secondary N) is 1. The molecule has 0 atom stereocenters. The van der Waals surface area contributed by atoms with E-state index < -0.39 is 0 Å². The number of hydrogen-bond acceptors (Lipinski definition) is 4. The highest BCUT2D eigenvalue weighted by Gasteiger charge is 1.98. The number of nitrogens with zero attached hydrogens (tertiary/aromatic N) is 3. The molecule has 1 aromatic heterocycles. The van der Waals surface area contributed by atoms with Gasteiger partial charge in [0.05, 0.1) is 11.4 Å². The zero-order valence-electron chi connectivity index (χ0n) is 7.33. The lowest BCUT2D eigenvalue weighted by Gasteiger charge is -2.01. The summed E-state index contributed by atoms with van der Waals surface area (Å²) < 4.78 is 0. The Labute approximate surface area is 71.7 Å². The average Bonchev–Trinajstić information content (AvgIpc) is 2.07. The number of aryl methyl sites for hydroxylation is 2. The SMILES string of the molecule is C=CCNc1nnc(C)c(C)n1. The maximum atomic E-state index is 4.18. The summed E-state index contributed by atoms with van der Waals surface area (Å²) in [5.41, 5.74) is 1.76. The van der Waals surface area contributed by atoms with Crippen molar-refractivity contribution in [3.63, 3.8) is 0 Å². The van der Waals surface area contributed by atoms with Crippen LogP contribution in [0.25, 0.3) is 0 Å². The molecule has 0 aliphatic rings. The zero-order chi connectivity index (χ0) is 8.97. The van der Waals surface area contributed by atoms with E-state index in [2.05, 4.69) is 27.1 Å². The van der Waals surface area contributed by atoms with Gasteiger partial charge in [-0.15, -0.1) is 11.7 Å². The maximum Gasteiger partial charge on any atom is 0.243 e. The molecular formula is C8H12N4. The van der Waals surface area contributed by atoms with Crippen LogP contribution < -0.4 is 5.32 Å². The highest BCUT2D eigenvalue weighted by atomic mass is 15.2. The quantitative estimate of drug-likeness (QED) is 0.679. The van der Waals surface area contributed by atoms with Crippen molar-refractivity contribution in [3.05, 3.63) is 24.0 Å². The van der Waals surface area contributed by atoms with Crippen molar-refractivity contribution in [2.24, 2.45) is 0 Å². The minimum Gasteiger partial charge on any atom is -0.349 e. The molecule has 0 saturated heterocycles. The van der Waals surface area contributed by atoms with Crippen LogP contribution in [0, 0.1) is 13.8 Å². The molecule has 0 aliphatic heterocycles. The highest BCUT2D eigenvalue weighted by molar-refractivity contribution is 5.25. The van der Waals surface area contributed by atoms with Gasteiger partial charge in [0.25, 0.3) is 0 Å². The van der Waals surface area contributed by atoms with Gasteiger partial charge in [-0.2, -0.15) is 5.10 Å². The summed E-state index contributed by atoms with van der Waals surface area (Å²) in [4.78, 5) is 4.18. The Morgan fingerprint density at radius 1 is 1.33 bits per heavy atom. The van der Waals surface area contributed by atoms with Gasteiger partial charge in [0.15, 0.2) is 0 Å². The Morgan fingerprint density at radius 3 is 2.67 bits per heavy atom. The standard InChI is InChI=1S/C8H12N4/c1-4-5-9-8-10-6(2)7(3)11-12-8/h4H,1,5H2,2-3H3,(H,9,10,12). The molecule has 0 spiro atoms. The Bertz CT molecular complexity index is 282. The van der Waals surface area contributed by atoms with E-state index in [1.165, 1.54) is 0 Å². The van der Waals surface area contributed by atoms with Gasteiger partial charge in [0.1, 0.15) is 0 Å². The molecule has 0 bridgehead atoms. The van der Waals surface area contributed by atoms with E-state index in [0.717, 1.165) is 11.4 Å². The minimum atomic E-state index is 0.554. The molecule has 4 nitrogen and oxygen atoms in total. The Morgan fingerprint density at radius 2 is 2.08 bits per heavy atom. The van der Waals surface area contributed by atoms with Crippen molar-refractivity contribution >= 4 is 5.95 Å². The molecule has 0 amide bonds. The summed E-state index contributed by atoms with van der Waals surface area (Å²) >= 11 is 0. The van der Waals surface area contributed by atoms with E-state index in [9.17, 15) is 0 Å². The van der Waals surface area contributed by atoms with Gasteiger partial charge in [-0.25, -0.2) is 4.98 Å². The highest BCUT2D eigenvalue weighted by Crippen LogP contribution is 2.00. The summed E-state index contributed by atoms with van der Waals surface area (Å²) in [6.07, 6.45) is 1.75. The Hall–Kier alpha value is -1.45. The summed E-state index contributed by atoms with van der Waals surface area (Å²) in [6.45, 7) is 8.02. The molecule has 0 fully saturated rings. The summed E-state index contributed by atoms with van der Waals surface area (Å²) in [6, 6.07) is 0. The summed E-state index contributed by atoms with van der Waals surface area (Å²) in [5.74, 6) is 0.554. The second-order valence-corrected chi connectivity index (χ2v) is 2.48. The predicted octanol–water partition coefficient (Wildman–Crippen LogP) is 1.09. The smallest absolute Gasteiger partial charge is 0.243 e. The van der Waals surface area contributed by atoms with Crippen LogP contribution in [0.4, 0.5) is 5.95 Å². The van der Waals surface area contributed by atoms with Crippen molar-refractivity contribution in [2.75, 3.05) is 11.9 Å². The van der Waals surface area contributed by atoms with Crippen molar-refractivity contribution in [1.82, 2.24) is 15.2 Å². The van der Waals surface area contributed by atoms with E-state index in [1.807, 2.05) is 13.8 Å². The fraction of sp³-hybridized carbons (Fsp3) is 0.375. The van der Waals surface area contributed by atoms with Gasteiger partial charge < -0.3 is 5.32 Å². The van der Waals surface area contributed by atoms with Crippen LogP contribution in [0.1, 0.15) is 11.4 Å². The third-order valence-corrected chi connectivity index (χ3v) is 1.50. The lowest BCUT2D eigenvalue weighted by Crippen LogP contribution is -2.06. The lowest BCUT2D eigenvalue weighted by molar-refractivity contribution is 0.895. The van der Waals surface area contributed by atoms with Gasteiger partial charge in [0, 0.05) is 6.54 Å². The fourth-order valence-corrected chi connectivity index (χ4v) is 0.695. The molecule has 1 rings (SSSR count). The van der Waals surface area contributed by atoms with E-state index in [1.54, 1.807) is 6.08 Å². The maximum absolute atomic E-state index is 4.18. The first-order chi connectivity index (χ1) is 5.74. The first-order valence-electron chi connectivity index (χ1n) is 3.76. The molecule has 0 aromatic carbocycles. The molecule has 64 valence electrons. The van der Waals surface area contributed by atoms with Crippen LogP contribution in [-0.4, -0.2) is 21.7 Å². The molecule has 4 heteroatoms. The van der Waals surface area contributed by atoms with Gasteiger partial charge in [-0.3, -0.25) is 0 Å². The van der Waals surface area contributed by atoms with Crippen molar-refractivity contribution < 1.29 is 0 Å². The summed E-state index contributed by atoms with van der Waals surface area (Å²) in [5, 5.41) is 10.7. The fourth-order valence-electron chi connectivity index (χ4n) is 0.695. The monoisotopic (exact) mass is 164 g/mol. The van der Waals surface area contributed by atoms with E-state index in [0.29, 0.717) is 12.5 Å². The van der Waals surface area contributed by atoms with Gasteiger partial charge in [-0.1, -0.05) is 6.08 Å². The van der Waals surface area contributed by atoms with E-state index >= 15 is 0 Å². The third-order valence-electron chi connectivity index (χ3n) is 1.50. The molecule has 0 radical (unpaired) electrons.